The molecule has 0 spiro atoms. The predicted molar refractivity (Wildman–Crippen MR) is 50.6 cm³/mol. The molecule has 0 bridgehead atoms. The van der Waals surface area contributed by atoms with E-state index in [1.807, 2.05) is 0 Å². The Bertz CT molecular complexity index is 334. The summed E-state index contributed by atoms with van der Waals surface area (Å²) in [6.07, 6.45) is 3.02. The van der Waals surface area contributed by atoms with Crippen molar-refractivity contribution >= 4 is 23.2 Å². The molecule has 1 amide bonds. The van der Waals surface area contributed by atoms with E-state index in [9.17, 15) is 4.79 Å². The first kappa shape index (κ1) is 9.46. The Balaban J connectivity index is 2.54. The number of carbonyl (C=O) groups is 1. The highest BCUT2D eigenvalue weighted by molar-refractivity contribution is 7.80. The average Bonchev–Trinajstić information content (AvgIpc) is 2.47. The molecule has 4 N–H and O–H groups in total. The van der Waals surface area contributed by atoms with Gasteiger partial charge in [0.2, 0.25) is 0 Å². The highest BCUT2D eigenvalue weighted by atomic mass is 32.1. The second-order valence-corrected chi connectivity index (χ2v) is 2.79. The van der Waals surface area contributed by atoms with Crippen molar-refractivity contribution in [2.45, 2.75) is 0 Å². The number of aromatic nitrogens is 2. The quantitative estimate of drug-likeness (QED) is 0.395. The summed E-state index contributed by atoms with van der Waals surface area (Å²) in [4.78, 5) is 11.2. The van der Waals surface area contributed by atoms with Crippen molar-refractivity contribution in [3.05, 3.63) is 18.0 Å². The van der Waals surface area contributed by atoms with Crippen LogP contribution in [0.15, 0.2) is 12.4 Å². The van der Waals surface area contributed by atoms with Gasteiger partial charge in [-0.2, -0.15) is 5.10 Å². The lowest BCUT2D eigenvalue weighted by Gasteiger charge is -2.03. The minimum absolute atomic E-state index is 0.0113. The van der Waals surface area contributed by atoms with E-state index in [1.54, 1.807) is 13.2 Å². The van der Waals surface area contributed by atoms with Crippen molar-refractivity contribution in [2.24, 2.45) is 12.8 Å². The third kappa shape index (κ3) is 2.71. The fourth-order valence-electron chi connectivity index (χ4n) is 0.729. The average molecular weight is 199 g/mol. The van der Waals surface area contributed by atoms with Crippen LogP contribution in [0.25, 0.3) is 0 Å². The Morgan fingerprint density at radius 2 is 2.38 bits per heavy atom. The second-order valence-electron chi connectivity index (χ2n) is 2.35. The molecule has 0 aliphatic carbocycles. The highest BCUT2D eigenvalue weighted by Gasteiger charge is 2.06. The predicted octanol–water partition coefficient (Wildman–Crippen LogP) is -1.10. The first-order chi connectivity index (χ1) is 6.09. The molecule has 0 fully saturated rings. The Hall–Kier alpha value is -1.63. The Morgan fingerprint density at radius 3 is 2.85 bits per heavy atom. The first-order valence-corrected chi connectivity index (χ1v) is 3.85. The van der Waals surface area contributed by atoms with Crippen molar-refractivity contribution in [3.63, 3.8) is 0 Å². The van der Waals surface area contributed by atoms with Gasteiger partial charge in [-0.1, -0.05) is 0 Å². The van der Waals surface area contributed by atoms with E-state index in [1.165, 1.54) is 10.9 Å². The van der Waals surface area contributed by atoms with Gasteiger partial charge in [-0.25, -0.2) is 0 Å². The summed E-state index contributed by atoms with van der Waals surface area (Å²) in [6.45, 7) is 0. The molecular weight excluding hydrogens is 190 g/mol. The van der Waals surface area contributed by atoms with Crippen LogP contribution in [0.3, 0.4) is 0 Å². The van der Waals surface area contributed by atoms with Gasteiger partial charge in [0, 0.05) is 13.2 Å². The maximum Gasteiger partial charge on any atom is 0.272 e. The van der Waals surface area contributed by atoms with Crippen LogP contribution in [-0.2, 0) is 7.05 Å². The number of nitrogens with zero attached hydrogens (tertiary/aromatic N) is 2. The van der Waals surface area contributed by atoms with Gasteiger partial charge in [0.15, 0.2) is 5.11 Å². The van der Waals surface area contributed by atoms with Crippen LogP contribution in [0.2, 0.25) is 0 Å². The molecule has 0 aromatic carbocycles. The third-order valence-electron chi connectivity index (χ3n) is 1.27. The molecule has 0 saturated carbocycles. The molecule has 6 nitrogen and oxygen atoms in total. The van der Waals surface area contributed by atoms with Crippen LogP contribution >= 0.6 is 12.2 Å². The Kier molecular flexibility index (Phi) is 2.80. The van der Waals surface area contributed by atoms with Crippen molar-refractivity contribution < 1.29 is 4.79 Å². The van der Waals surface area contributed by atoms with Gasteiger partial charge in [0.1, 0.15) is 0 Å². The zero-order valence-corrected chi connectivity index (χ0v) is 7.76. The standard InChI is InChI=1S/C6H9N5OS/c1-11-3-4(2-8-11)5(12)9-10-6(7)13/h2-3H,1H3,(H,9,12)(H3,7,10,13). The highest BCUT2D eigenvalue weighted by Crippen LogP contribution is 1.93. The lowest BCUT2D eigenvalue weighted by atomic mass is 10.3. The van der Waals surface area contributed by atoms with Gasteiger partial charge in [-0.05, 0) is 12.2 Å². The minimum Gasteiger partial charge on any atom is -0.375 e. The van der Waals surface area contributed by atoms with E-state index in [2.05, 4.69) is 28.2 Å². The third-order valence-corrected chi connectivity index (χ3v) is 1.37. The van der Waals surface area contributed by atoms with Gasteiger partial charge in [0.25, 0.3) is 5.91 Å². The summed E-state index contributed by atoms with van der Waals surface area (Å²) in [5.74, 6) is -0.332. The normalized spacial score (nSPS) is 9.31. The fourth-order valence-corrected chi connectivity index (χ4v) is 0.780. The summed E-state index contributed by atoms with van der Waals surface area (Å²) < 4.78 is 1.52. The van der Waals surface area contributed by atoms with Crippen molar-refractivity contribution in [1.82, 2.24) is 20.6 Å². The number of nitrogens with two attached hydrogens (primary N) is 1. The van der Waals surface area contributed by atoms with Crippen molar-refractivity contribution in [2.75, 3.05) is 0 Å². The van der Waals surface area contributed by atoms with E-state index in [0.717, 1.165) is 0 Å². The molecule has 1 heterocycles. The smallest absolute Gasteiger partial charge is 0.272 e. The van der Waals surface area contributed by atoms with Gasteiger partial charge >= 0.3 is 0 Å². The molecule has 1 aromatic rings. The van der Waals surface area contributed by atoms with E-state index in [-0.39, 0.29) is 11.0 Å². The minimum atomic E-state index is -0.332. The SMILES string of the molecule is Cn1cc(C(=O)NNC(N)=S)cn1. The van der Waals surface area contributed by atoms with E-state index in [4.69, 9.17) is 5.73 Å². The summed E-state index contributed by atoms with van der Waals surface area (Å²) in [7, 11) is 1.72. The Labute approximate surface area is 80.1 Å². The lowest BCUT2D eigenvalue weighted by molar-refractivity contribution is 0.0944. The zero-order chi connectivity index (χ0) is 9.84. The fraction of sp³-hybridized carbons (Fsp3) is 0.167. The van der Waals surface area contributed by atoms with Gasteiger partial charge in [-0.15, -0.1) is 0 Å². The van der Waals surface area contributed by atoms with Crippen LogP contribution in [-0.4, -0.2) is 20.8 Å². The molecule has 7 heteroatoms. The monoisotopic (exact) mass is 199 g/mol. The van der Waals surface area contributed by atoms with Gasteiger partial charge in [-0.3, -0.25) is 20.3 Å². The number of thiocarbonyl (C=S) groups is 1. The van der Waals surface area contributed by atoms with Crippen LogP contribution in [0.1, 0.15) is 10.4 Å². The molecule has 0 aliphatic rings. The first-order valence-electron chi connectivity index (χ1n) is 3.44. The lowest BCUT2D eigenvalue weighted by Crippen LogP contribution is -2.44. The number of nitrogens with one attached hydrogen (secondary N) is 2. The maximum atomic E-state index is 11.2. The number of hydrogen-bond donors (Lipinski definition) is 3. The molecule has 0 radical (unpaired) electrons. The van der Waals surface area contributed by atoms with Crippen LogP contribution < -0.4 is 16.6 Å². The van der Waals surface area contributed by atoms with Crippen molar-refractivity contribution in [1.29, 1.82) is 0 Å². The molecule has 0 saturated heterocycles. The van der Waals surface area contributed by atoms with Crippen LogP contribution in [0.5, 0.6) is 0 Å². The molecule has 0 unspecified atom stereocenters. The van der Waals surface area contributed by atoms with Gasteiger partial charge in [0.05, 0.1) is 11.8 Å². The maximum absolute atomic E-state index is 11.2. The molecule has 13 heavy (non-hydrogen) atoms. The Morgan fingerprint density at radius 1 is 1.69 bits per heavy atom. The van der Waals surface area contributed by atoms with Crippen LogP contribution in [0, 0.1) is 0 Å². The summed E-state index contributed by atoms with van der Waals surface area (Å²) in [5.41, 5.74) is 10.2. The van der Waals surface area contributed by atoms with Crippen molar-refractivity contribution in [3.8, 4) is 0 Å². The van der Waals surface area contributed by atoms with E-state index in [0.29, 0.717) is 5.56 Å². The number of hydrazine groups is 1. The number of carbonyl (C=O) groups excluding carboxylic acids is 1. The van der Waals surface area contributed by atoms with E-state index < -0.39 is 0 Å². The van der Waals surface area contributed by atoms with E-state index >= 15 is 0 Å². The topological polar surface area (TPSA) is 85.0 Å². The molecule has 1 rings (SSSR count). The van der Waals surface area contributed by atoms with Crippen LogP contribution in [0.4, 0.5) is 0 Å². The summed E-state index contributed by atoms with van der Waals surface area (Å²) in [5, 5.41) is 3.84. The summed E-state index contributed by atoms with van der Waals surface area (Å²) in [6, 6.07) is 0. The molecule has 70 valence electrons. The largest absolute Gasteiger partial charge is 0.375 e. The molecule has 1 aromatic heterocycles. The van der Waals surface area contributed by atoms with Gasteiger partial charge < -0.3 is 5.73 Å². The zero-order valence-electron chi connectivity index (χ0n) is 6.94. The molecular formula is C6H9N5OS. The number of rotatable bonds is 1. The molecule has 0 atom stereocenters. The summed E-state index contributed by atoms with van der Waals surface area (Å²) >= 11 is 4.50. The second kappa shape index (κ2) is 3.85. The number of hydrogen-bond acceptors (Lipinski definition) is 3. The number of amides is 1. The molecule has 0 aliphatic heterocycles. The number of aryl methyl sites for hydroxylation is 1.